The van der Waals surface area contributed by atoms with E-state index in [1.54, 1.807) is 0 Å². The van der Waals surface area contributed by atoms with E-state index in [2.05, 4.69) is 23.6 Å². The number of hydrogen-bond donors (Lipinski definition) is 6. The Balaban J connectivity index is -0.000000107. The van der Waals surface area contributed by atoms with Crippen LogP contribution >= 0.6 is 13.4 Å². The van der Waals surface area contributed by atoms with E-state index < -0.39 is 13.4 Å². The molecule has 0 fully saturated rings. The van der Waals surface area contributed by atoms with E-state index in [4.69, 9.17) is 29.4 Å². The third-order valence-electron chi connectivity index (χ3n) is 0. The fourth-order valence-corrected chi connectivity index (χ4v) is 0. The van der Waals surface area contributed by atoms with Crippen LogP contribution < -0.4 is 0 Å². The molecular weight excluding hydrogens is 344 g/mol. The molecule has 0 bridgehead atoms. The predicted octanol–water partition coefficient (Wildman–Crippen LogP) is -2.81. The van der Waals surface area contributed by atoms with Gasteiger partial charge in [-0.25, -0.2) is 0 Å². The van der Waals surface area contributed by atoms with Gasteiger partial charge >= 0.3 is 37.9 Å². The zero-order valence-corrected chi connectivity index (χ0v) is 12.6. The summed E-state index contributed by atoms with van der Waals surface area (Å²) in [5.74, 6) is 0. The Morgan fingerprint density at radius 1 is 0.636 bits per heavy atom. The summed E-state index contributed by atoms with van der Waals surface area (Å²) in [5, 5.41) is 0. The second-order valence-corrected chi connectivity index (χ2v) is 6.02. The first-order valence-electron chi connectivity index (χ1n) is 1.57. The molecule has 0 saturated heterocycles. The quantitative estimate of drug-likeness (QED) is 0.204. The van der Waals surface area contributed by atoms with Gasteiger partial charge in [0.2, 0.25) is 0 Å². The van der Waals surface area contributed by atoms with Gasteiger partial charge < -0.3 is 29.4 Å². The molecule has 0 saturated carbocycles. The van der Waals surface area contributed by atoms with Crippen molar-refractivity contribution >= 4 is 61.5 Å². The molecule has 0 aromatic carbocycles. The van der Waals surface area contributed by atoms with Gasteiger partial charge in [0.1, 0.15) is 0 Å². The van der Waals surface area contributed by atoms with Gasteiger partial charge in [0, 0.05) is 0 Å². The first kappa shape index (κ1) is 18.6. The van der Waals surface area contributed by atoms with Crippen LogP contribution in [0.5, 0.6) is 0 Å². The second-order valence-electron chi connectivity index (χ2n) is 1.03. The summed E-state index contributed by atoms with van der Waals surface area (Å²) in [6.07, 6.45) is 0. The molecule has 0 aliphatic carbocycles. The number of hydrogen-bond acceptors (Lipinski definition) is 2. The Morgan fingerprint density at radius 2 is 0.636 bits per heavy atom. The van der Waals surface area contributed by atoms with Gasteiger partial charge in [0.15, 0.2) is 0 Å². The van der Waals surface area contributed by atoms with Crippen LogP contribution in [0.3, 0.4) is 0 Å². The van der Waals surface area contributed by atoms with Crippen LogP contribution in [0.15, 0.2) is 0 Å². The molecule has 11 heavy (non-hydrogen) atoms. The molecule has 0 atom stereocenters. The molecule has 0 aromatic rings. The molecule has 0 heterocycles. The van der Waals surface area contributed by atoms with Crippen molar-refractivity contribution in [1.82, 2.24) is 0 Å². The van der Waals surface area contributed by atoms with E-state index >= 15 is 0 Å². The molecule has 0 unspecified atom stereocenters. The molecule has 0 aliphatic rings. The van der Waals surface area contributed by atoms with Gasteiger partial charge in [0.05, 0.1) is 0 Å². The Bertz CT molecular complexity index is 131. The molecule has 0 aliphatic heterocycles. The molecule has 0 spiro atoms. The van der Waals surface area contributed by atoms with Crippen molar-refractivity contribution in [2.24, 2.45) is 0 Å². The predicted molar refractivity (Wildman–Crippen MR) is 51.8 cm³/mol. The molecule has 6 N–H and O–H groups in total. The minimum absolute atomic E-state index is 0. The van der Waals surface area contributed by atoms with Gasteiger partial charge in [-0.05, 0) is 23.6 Å². The molecule has 0 aromatic heterocycles. The maximum absolute atomic E-state index is 7.56. The zero-order valence-electron chi connectivity index (χ0n) is 5.10. The molecule has 0 radical (unpaired) electrons. The van der Waals surface area contributed by atoms with E-state index in [9.17, 15) is 0 Å². The Kier molecular flexibility index (Phi) is 12.4. The third-order valence-corrected chi connectivity index (χ3v) is 0. The molecule has 6 nitrogen and oxygen atoms in total. The minimum atomic E-state index is -3.81. The monoisotopic (exact) mass is 352 g/mol. The summed E-state index contributed by atoms with van der Waals surface area (Å²) in [7, 11) is 0. The average Bonchev–Trinajstić information content (AvgIpc) is 1.12. The molecule has 11 heteroatoms. The van der Waals surface area contributed by atoms with Crippen molar-refractivity contribution in [1.29, 1.82) is 0 Å². The Hall–Kier alpha value is 1.88. The zero-order chi connectivity index (χ0) is 9.00. The number of rotatable bonds is 0. The van der Waals surface area contributed by atoms with Gasteiger partial charge in [-0.2, -0.15) is 0 Å². The standard InChI is InChI=1S/2H3O3PS.Sb.3H/c2*1-4(2,3)5;;;;/h2*(H3,1,2,3,5);;;;. The van der Waals surface area contributed by atoms with E-state index in [1.165, 1.54) is 0 Å². The average molecular weight is 353 g/mol. The van der Waals surface area contributed by atoms with E-state index in [0.717, 1.165) is 0 Å². The van der Waals surface area contributed by atoms with Crippen LogP contribution in [0, 0.1) is 0 Å². The van der Waals surface area contributed by atoms with Crippen molar-refractivity contribution < 1.29 is 29.4 Å². The summed E-state index contributed by atoms with van der Waals surface area (Å²) in [6.45, 7) is -7.61. The van der Waals surface area contributed by atoms with Crippen LogP contribution in [0.2, 0.25) is 0 Å². The van der Waals surface area contributed by atoms with Gasteiger partial charge in [-0.1, -0.05) is 0 Å². The fourth-order valence-electron chi connectivity index (χ4n) is 0. The third kappa shape index (κ3) is 329. The summed E-state index contributed by atoms with van der Waals surface area (Å²) >= 11 is 7.21. The van der Waals surface area contributed by atoms with Gasteiger partial charge in [0.25, 0.3) is 0 Å². The van der Waals surface area contributed by atoms with Crippen molar-refractivity contribution in [2.45, 2.75) is 0 Å². The fraction of sp³-hybridized carbons (Fsp3) is 0. The summed E-state index contributed by atoms with van der Waals surface area (Å²) in [6, 6.07) is 0. The van der Waals surface area contributed by atoms with Crippen molar-refractivity contribution in [2.75, 3.05) is 0 Å². The first-order chi connectivity index (χ1) is 4.00. The molecular formula is H9O6P2S2Sb. The Morgan fingerprint density at radius 3 is 0.636 bits per heavy atom. The van der Waals surface area contributed by atoms with E-state index in [-0.39, 0.29) is 24.4 Å². The van der Waals surface area contributed by atoms with Gasteiger partial charge in [-0.15, -0.1) is 0 Å². The topological polar surface area (TPSA) is 121 Å². The van der Waals surface area contributed by atoms with E-state index in [0.29, 0.717) is 0 Å². The van der Waals surface area contributed by atoms with Crippen molar-refractivity contribution in [3.63, 3.8) is 0 Å². The van der Waals surface area contributed by atoms with Crippen molar-refractivity contribution in [3.8, 4) is 0 Å². The van der Waals surface area contributed by atoms with Crippen LogP contribution in [0.25, 0.3) is 0 Å². The second kappa shape index (κ2) is 7.30. The SMILES string of the molecule is OP(O)(O)=S.OP(O)(O)=S.[SbH3]. The van der Waals surface area contributed by atoms with E-state index in [1.807, 2.05) is 0 Å². The maximum atomic E-state index is 7.56. The van der Waals surface area contributed by atoms with Crippen LogP contribution in [-0.2, 0) is 23.6 Å². The van der Waals surface area contributed by atoms with Crippen LogP contribution in [0.4, 0.5) is 0 Å². The summed E-state index contributed by atoms with van der Waals surface area (Å²) in [4.78, 5) is 45.3. The van der Waals surface area contributed by atoms with Gasteiger partial charge in [-0.3, -0.25) is 0 Å². The van der Waals surface area contributed by atoms with Crippen LogP contribution in [0.1, 0.15) is 0 Å². The summed E-state index contributed by atoms with van der Waals surface area (Å²) < 4.78 is 0. The molecule has 72 valence electrons. The van der Waals surface area contributed by atoms with Crippen LogP contribution in [-0.4, -0.2) is 53.8 Å². The summed E-state index contributed by atoms with van der Waals surface area (Å²) in [5.41, 5.74) is 0. The normalized spacial score (nSPS) is 10.7. The molecule has 0 rings (SSSR count). The first-order valence-corrected chi connectivity index (χ1v) is 6.89. The molecule has 0 amide bonds. The Labute approximate surface area is 90.5 Å². The van der Waals surface area contributed by atoms with Crippen molar-refractivity contribution in [3.05, 3.63) is 0 Å².